The number of amides is 1. The van der Waals surface area contributed by atoms with Gasteiger partial charge in [0.05, 0.1) is 6.54 Å². The van der Waals surface area contributed by atoms with Crippen molar-refractivity contribution in [1.82, 2.24) is 5.32 Å². The van der Waals surface area contributed by atoms with Gasteiger partial charge in [0.2, 0.25) is 5.91 Å². The monoisotopic (exact) mass is 311 g/mol. The van der Waals surface area contributed by atoms with Crippen molar-refractivity contribution < 1.29 is 9.53 Å². The number of benzene rings is 1. The molecule has 0 saturated heterocycles. The first kappa shape index (κ1) is 17.1. The van der Waals surface area contributed by atoms with E-state index in [-0.39, 0.29) is 5.91 Å². The lowest BCUT2D eigenvalue weighted by Gasteiger charge is -2.08. The van der Waals surface area contributed by atoms with Gasteiger partial charge in [-0.05, 0) is 36.8 Å². The van der Waals surface area contributed by atoms with Crippen LogP contribution in [0.1, 0.15) is 37.7 Å². The van der Waals surface area contributed by atoms with Gasteiger partial charge < -0.3 is 10.1 Å². The number of carbonyl (C=O) groups is 1. The third kappa shape index (κ3) is 6.20. The van der Waals surface area contributed by atoms with E-state index < -0.39 is 0 Å². The molecule has 1 saturated carbocycles. The zero-order valence-corrected chi connectivity index (χ0v) is 13.6. The maximum Gasteiger partial charge on any atom is 0.221 e. The van der Waals surface area contributed by atoms with Crippen LogP contribution in [0.15, 0.2) is 36.9 Å². The summed E-state index contributed by atoms with van der Waals surface area (Å²) in [5.74, 6) is 7.41. The number of allylic oxidation sites excluding steroid dienone is 1. The topological polar surface area (TPSA) is 38.3 Å². The van der Waals surface area contributed by atoms with Crippen LogP contribution < -0.4 is 10.1 Å². The molecular formula is C20H25NO2. The van der Waals surface area contributed by atoms with Crippen LogP contribution in [-0.4, -0.2) is 19.1 Å². The highest BCUT2D eigenvalue weighted by atomic mass is 16.5. The number of hydrogen-bond donors (Lipinski definition) is 1. The largest absolute Gasteiger partial charge is 0.481 e. The molecule has 1 aromatic carbocycles. The molecule has 0 bridgehead atoms. The molecule has 0 spiro atoms. The van der Waals surface area contributed by atoms with Gasteiger partial charge in [-0.1, -0.05) is 49.0 Å². The number of hydrogen-bond acceptors (Lipinski definition) is 2. The number of rotatable bonds is 7. The van der Waals surface area contributed by atoms with Gasteiger partial charge in [0.1, 0.15) is 12.4 Å². The Bertz CT molecular complexity index is 577. The predicted molar refractivity (Wildman–Crippen MR) is 93.2 cm³/mol. The standard InChI is InChI=1S/C20H25NO2/c1-2-9-18-12-5-6-13-19(18)23-15-8-7-14-21-20(22)16-17-10-3-4-11-17/h2,5-6,12-13,17H,1,3-4,9-11,14-16H2,(H,21,22). The van der Waals surface area contributed by atoms with Gasteiger partial charge in [0.25, 0.3) is 0 Å². The van der Waals surface area contributed by atoms with Crippen molar-refractivity contribution in [1.29, 1.82) is 0 Å². The summed E-state index contributed by atoms with van der Waals surface area (Å²) in [5, 5.41) is 2.86. The minimum Gasteiger partial charge on any atom is -0.481 e. The van der Waals surface area contributed by atoms with Crippen molar-refractivity contribution in [3.8, 4) is 17.6 Å². The summed E-state index contributed by atoms with van der Waals surface area (Å²) in [5.41, 5.74) is 1.11. The average molecular weight is 311 g/mol. The third-order valence-electron chi connectivity index (χ3n) is 4.08. The smallest absolute Gasteiger partial charge is 0.221 e. The minimum absolute atomic E-state index is 0.114. The molecule has 2 rings (SSSR count). The molecule has 122 valence electrons. The molecule has 3 heteroatoms. The van der Waals surface area contributed by atoms with E-state index in [1.54, 1.807) is 0 Å². The molecule has 1 aliphatic carbocycles. The second kappa shape index (κ2) is 9.74. The molecule has 0 aliphatic heterocycles. The van der Waals surface area contributed by atoms with E-state index in [1.807, 2.05) is 30.3 Å². The van der Waals surface area contributed by atoms with Crippen molar-refractivity contribution in [3.63, 3.8) is 0 Å². The van der Waals surface area contributed by atoms with Crippen LogP contribution in [0.25, 0.3) is 0 Å². The predicted octanol–water partition coefficient (Wildman–Crippen LogP) is 3.49. The summed E-state index contributed by atoms with van der Waals surface area (Å²) in [6.45, 7) is 4.47. The Morgan fingerprint density at radius 3 is 2.87 bits per heavy atom. The summed E-state index contributed by atoms with van der Waals surface area (Å²) in [4.78, 5) is 11.8. The lowest BCUT2D eigenvalue weighted by Crippen LogP contribution is -2.25. The van der Waals surface area contributed by atoms with E-state index >= 15 is 0 Å². The van der Waals surface area contributed by atoms with E-state index in [0.29, 0.717) is 25.5 Å². The molecule has 1 aromatic rings. The number of ether oxygens (including phenoxy) is 1. The molecule has 0 aromatic heterocycles. The Morgan fingerprint density at radius 1 is 1.30 bits per heavy atom. The van der Waals surface area contributed by atoms with Crippen LogP contribution in [0.2, 0.25) is 0 Å². The zero-order valence-electron chi connectivity index (χ0n) is 13.6. The van der Waals surface area contributed by atoms with Gasteiger partial charge >= 0.3 is 0 Å². The molecule has 1 N–H and O–H groups in total. The average Bonchev–Trinajstić information content (AvgIpc) is 3.05. The quantitative estimate of drug-likeness (QED) is 0.618. The Balaban J connectivity index is 1.66. The molecule has 23 heavy (non-hydrogen) atoms. The van der Waals surface area contributed by atoms with E-state index in [1.165, 1.54) is 25.7 Å². The Kier molecular flexibility index (Phi) is 7.26. The van der Waals surface area contributed by atoms with Gasteiger partial charge in [-0.25, -0.2) is 0 Å². The van der Waals surface area contributed by atoms with Gasteiger partial charge in [-0.15, -0.1) is 6.58 Å². The van der Waals surface area contributed by atoms with Crippen LogP contribution >= 0.6 is 0 Å². The minimum atomic E-state index is 0.114. The second-order valence-corrected chi connectivity index (χ2v) is 5.87. The van der Waals surface area contributed by atoms with Gasteiger partial charge in [-0.3, -0.25) is 4.79 Å². The van der Waals surface area contributed by atoms with E-state index in [9.17, 15) is 4.79 Å². The molecule has 3 nitrogen and oxygen atoms in total. The fraction of sp³-hybridized carbons (Fsp3) is 0.450. The highest BCUT2D eigenvalue weighted by Gasteiger charge is 2.17. The first-order chi connectivity index (χ1) is 11.3. The molecule has 0 unspecified atom stereocenters. The lowest BCUT2D eigenvalue weighted by molar-refractivity contribution is -0.121. The Hall–Kier alpha value is -2.21. The summed E-state index contributed by atoms with van der Waals surface area (Å²) in [6.07, 6.45) is 8.20. The summed E-state index contributed by atoms with van der Waals surface area (Å²) in [7, 11) is 0. The molecule has 0 heterocycles. The maximum atomic E-state index is 11.8. The van der Waals surface area contributed by atoms with Crippen LogP contribution in [0.3, 0.4) is 0 Å². The van der Waals surface area contributed by atoms with Crippen molar-refractivity contribution in [2.24, 2.45) is 5.92 Å². The first-order valence-electron chi connectivity index (χ1n) is 8.33. The number of para-hydroxylation sites is 1. The van der Waals surface area contributed by atoms with Crippen molar-refractivity contribution in [2.75, 3.05) is 13.2 Å². The van der Waals surface area contributed by atoms with Crippen LogP contribution in [-0.2, 0) is 11.2 Å². The van der Waals surface area contributed by atoms with Crippen LogP contribution in [0.5, 0.6) is 5.75 Å². The van der Waals surface area contributed by atoms with Crippen LogP contribution in [0, 0.1) is 17.8 Å². The lowest BCUT2D eigenvalue weighted by atomic mass is 10.0. The van der Waals surface area contributed by atoms with Crippen molar-refractivity contribution in [3.05, 3.63) is 42.5 Å². The van der Waals surface area contributed by atoms with Crippen molar-refractivity contribution in [2.45, 2.75) is 38.5 Å². The van der Waals surface area contributed by atoms with Gasteiger partial charge in [0.15, 0.2) is 0 Å². The molecule has 1 aliphatic rings. The molecular weight excluding hydrogens is 286 g/mol. The number of nitrogens with one attached hydrogen (secondary N) is 1. The molecule has 0 atom stereocenters. The maximum absolute atomic E-state index is 11.8. The number of carbonyl (C=O) groups excluding carboxylic acids is 1. The van der Waals surface area contributed by atoms with Crippen LogP contribution in [0.4, 0.5) is 0 Å². The highest BCUT2D eigenvalue weighted by molar-refractivity contribution is 5.76. The Labute approximate surface area is 139 Å². The second-order valence-electron chi connectivity index (χ2n) is 5.87. The fourth-order valence-electron chi connectivity index (χ4n) is 2.89. The SMILES string of the molecule is C=CCc1ccccc1OCC#CCNC(=O)CC1CCCC1. The zero-order chi connectivity index (χ0) is 16.3. The van der Waals surface area contributed by atoms with E-state index in [0.717, 1.165) is 17.7 Å². The van der Waals surface area contributed by atoms with Crippen molar-refractivity contribution >= 4 is 5.91 Å². The third-order valence-corrected chi connectivity index (χ3v) is 4.08. The fourth-order valence-corrected chi connectivity index (χ4v) is 2.89. The Morgan fingerprint density at radius 2 is 2.09 bits per heavy atom. The molecule has 0 radical (unpaired) electrons. The normalized spacial score (nSPS) is 13.9. The van der Waals surface area contributed by atoms with E-state index in [2.05, 4.69) is 23.7 Å². The van der Waals surface area contributed by atoms with E-state index in [4.69, 9.17) is 4.74 Å². The molecule has 1 amide bonds. The van der Waals surface area contributed by atoms with Gasteiger partial charge in [-0.2, -0.15) is 0 Å². The summed E-state index contributed by atoms with van der Waals surface area (Å²) < 4.78 is 5.67. The summed E-state index contributed by atoms with van der Waals surface area (Å²) >= 11 is 0. The molecule has 1 fully saturated rings. The van der Waals surface area contributed by atoms with Gasteiger partial charge in [0, 0.05) is 6.42 Å². The highest BCUT2D eigenvalue weighted by Crippen LogP contribution is 2.27. The first-order valence-corrected chi connectivity index (χ1v) is 8.33. The summed E-state index contributed by atoms with van der Waals surface area (Å²) in [6, 6.07) is 7.88.